The maximum atomic E-state index is 13.8. The number of halogens is 1. The Hall–Kier alpha value is -1.62. The van der Waals surface area contributed by atoms with Gasteiger partial charge in [-0.1, -0.05) is 19.1 Å². The molecule has 1 fully saturated rings. The van der Waals surface area contributed by atoms with E-state index < -0.39 is 0 Å². The predicted octanol–water partition coefficient (Wildman–Crippen LogP) is 3.70. The predicted molar refractivity (Wildman–Crippen MR) is 93.4 cm³/mol. The van der Waals surface area contributed by atoms with Crippen LogP contribution in [-0.2, 0) is 0 Å². The van der Waals surface area contributed by atoms with Crippen molar-refractivity contribution in [2.75, 3.05) is 19.7 Å². The van der Waals surface area contributed by atoms with E-state index in [9.17, 15) is 14.3 Å². The highest BCUT2D eigenvalue weighted by molar-refractivity contribution is 5.74. The normalized spacial score (nSPS) is 18.3. The van der Waals surface area contributed by atoms with Crippen LogP contribution in [0.25, 0.3) is 0 Å². The maximum absolute atomic E-state index is 13.8. The van der Waals surface area contributed by atoms with Gasteiger partial charge in [-0.3, -0.25) is 0 Å². The van der Waals surface area contributed by atoms with E-state index in [1.165, 1.54) is 0 Å². The number of hydrogen-bond donors (Lipinski definition) is 2. The lowest BCUT2D eigenvalue weighted by atomic mass is 9.77. The first kappa shape index (κ1) is 18.7. The van der Waals surface area contributed by atoms with Gasteiger partial charge in [-0.05, 0) is 62.1 Å². The fraction of sp³-hybridized carbons (Fsp3) is 0.632. The lowest BCUT2D eigenvalue weighted by molar-refractivity contribution is 0.0516. The van der Waals surface area contributed by atoms with Crippen molar-refractivity contribution in [3.63, 3.8) is 0 Å². The van der Waals surface area contributed by atoms with E-state index in [1.807, 2.05) is 11.8 Å². The highest BCUT2D eigenvalue weighted by Crippen LogP contribution is 2.34. The van der Waals surface area contributed by atoms with Crippen molar-refractivity contribution < 1.29 is 14.3 Å². The number of piperidine rings is 1. The van der Waals surface area contributed by atoms with Crippen LogP contribution in [0.4, 0.5) is 9.18 Å². The number of amides is 2. The largest absolute Gasteiger partial charge is 0.396 e. The molecule has 1 heterocycles. The second kappa shape index (κ2) is 7.51. The van der Waals surface area contributed by atoms with Crippen molar-refractivity contribution in [2.45, 2.75) is 53.0 Å². The molecule has 2 rings (SSSR count). The topological polar surface area (TPSA) is 52.6 Å². The third kappa shape index (κ3) is 3.89. The molecule has 0 aromatic heterocycles. The summed E-state index contributed by atoms with van der Waals surface area (Å²) in [4.78, 5) is 14.3. The zero-order chi connectivity index (χ0) is 17.9. The molecular formula is C19H29FN2O2. The number of carbonyl (C=O) groups is 1. The molecule has 1 unspecified atom stereocenters. The average molecular weight is 336 g/mol. The molecule has 2 N–H and O–H groups in total. The first-order chi connectivity index (χ1) is 11.3. The summed E-state index contributed by atoms with van der Waals surface area (Å²) in [6.45, 7) is 8.99. The van der Waals surface area contributed by atoms with E-state index in [0.717, 1.165) is 24.8 Å². The van der Waals surface area contributed by atoms with Crippen molar-refractivity contribution >= 4 is 6.03 Å². The number of carbonyl (C=O) groups excluding carboxylic acids is 1. The zero-order valence-corrected chi connectivity index (χ0v) is 15.2. The number of aliphatic hydroxyl groups excluding tert-OH is 1. The van der Waals surface area contributed by atoms with Gasteiger partial charge in [0.05, 0.1) is 6.04 Å². The summed E-state index contributed by atoms with van der Waals surface area (Å²) in [5, 5.41) is 12.6. The van der Waals surface area contributed by atoms with E-state index in [-0.39, 0.29) is 29.9 Å². The summed E-state index contributed by atoms with van der Waals surface area (Å²) in [5.74, 6) is -0.187. The first-order valence-corrected chi connectivity index (χ1v) is 8.75. The number of likely N-dealkylation sites (tertiary alicyclic amines) is 1. The van der Waals surface area contributed by atoms with E-state index in [4.69, 9.17) is 0 Å². The SMILES string of the molecule is CCC1(CO)CCN(C(=O)NC(C)c2cc(C)c(F)c(C)c2)CC1. The molecule has 1 atom stereocenters. The monoisotopic (exact) mass is 336 g/mol. The van der Waals surface area contributed by atoms with Crippen LogP contribution in [0.2, 0.25) is 0 Å². The minimum atomic E-state index is -0.187. The van der Waals surface area contributed by atoms with Crippen LogP contribution in [0.15, 0.2) is 12.1 Å². The van der Waals surface area contributed by atoms with Crippen LogP contribution in [0.1, 0.15) is 55.8 Å². The summed E-state index contributed by atoms with van der Waals surface area (Å²) in [5.41, 5.74) is 2.07. The number of benzene rings is 1. The van der Waals surface area contributed by atoms with Crippen LogP contribution >= 0.6 is 0 Å². The molecule has 0 spiro atoms. The van der Waals surface area contributed by atoms with Crippen LogP contribution in [0, 0.1) is 25.1 Å². The van der Waals surface area contributed by atoms with E-state index >= 15 is 0 Å². The lowest BCUT2D eigenvalue weighted by Gasteiger charge is -2.40. The van der Waals surface area contributed by atoms with Gasteiger partial charge in [0.25, 0.3) is 0 Å². The standard InChI is InChI=1S/C19H29FN2O2/c1-5-19(12-23)6-8-22(9-7-19)18(24)21-15(4)16-10-13(2)17(20)14(3)11-16/h10-11,15,23H,5-9,12H2,1-4H3,(H,21,24). The number of urea groups is 1. The van der Waals surface area contributed by atoms with Crippen LogP contribution < -0.4 is 5.32 Å². The minimum absolute atomic E-state index is 0.0341. The Kier molecular flexibility index (Phi) is 5.86. The van der Waals surface area contributed by atoms with Gasteiger partial charge < -0.3 is 15.3 Å². The molecule has 24 heavy (non-hydrogen) atoms. The molecule has 134 valence electrons. The Morgan fingerprint density at radius 3 is 2.33 bits per heavy atom. The summed E-state index contributed by atoms with van der Waals surface area (Å²) < 4.78 is 13.8. The highest BCUT2D eigenvalue weighted by Gasteiger charge is 2.34. The van der Waals surface area contributed by atoms with Crippen molar-refractivity contribution in [1.29, 1.82) is 0 Å². The number of hydrogen-bond acceptors (Lipinski definition) is 2. The Morgan fingerprint density at radius 1 is 1.33 bits per heavy atom. The van der Waals surface area contributed by atoms with E-state index in [2.05, 4.69) is 12.2 Å². The second-order valence-corrected chi connectivity index (χ2v) is 7.14. The quantitative estimate of drug-likeness (QED) is 0.881. The number of aliphatic hydroxyl groups is 1. The molecule has 0 bridgehead atoms. The molecule has 2 amide bonds. The van der Waals surface area contributed by atoms with Crippen molar-refractivity contribution in [3.8, 4) is 0 Å². The van der Waals surface area contributed by atoms with Gasteiger partial charge in [0, 0.05) is 19.7 Å². The molecular weight excluding hydrogens is 307 g/mol. The molecule has 1 saturated heterocycles. The Bertz CT molecular complexity index is 566. The van der Waals surface area contributed by atoms with Crippen LogP contribution in [-0.4, -0.2) is 35.7 Å². The third-order valence-corrected chi connectivity index (χ3v) is 5.50. The van der Waals surface area contributed by atoms with Gasteiger partial charge in [-0.15, -0.1) is 0 Å². The van der Waals surface area contributed by atoms with Crippen molar-refractivity contribution in [1.82, 2.24) is 10.2 Å². The Labute approximate surface area is 144 Å². The fourth-order valence-electron chi connectivity index (χ4n) is 3.40. The first-order valence-electron chi connectivity index (χ1n) is 8.75. The Morgan fingerprint density at radius 2 is 1.88 bits per heavy atom. The fourth-order valence-corrected chi connectivity index (χ4v) is 3.40. The summed E-state index contributed by atoms with van der Waals surface area (Å²) >= 11 is 0. The molecule has 4 nitrogen and oxygen atoms in total. The number of rotatable bonds is 4. The molecule has 0 saturated carbocycles. The van der Waals surface area contributed by atoms with Gasteiger partial charge in [0.2, 0.25) is 0 Å². The molecule has 1 aliphatic heterocycles. The summed E-state index contributed by atoms with van der Waals surface area (Å²) in [6, 6.07) is 3.31. The van der Waals surface area contributed by atoms with E-state index in [0.29, 0.717) is 24.2 Å². The summed E-state index contributed by atoms with van der Waals surface area (Å²) in [7, 11) is 0. The average Bonchev–Trinajstić information content (AvgIpc) is 2.59. The van der Waals surface area contributed by atoms with Crippen LogP contribution in [0.3, 0.4) is 0 Å². The molecule has 0 aliphatic carbocycles. The molecule has 1 aromatic rings. The molecule has 5 heteroatoms. The van der Waals surface area contributed by atoms with E-state index in [1.54, 1.807) is 26.0 Å². The second-order valence-electron chi connectivity index (χ2n) is 7.14. The number of aryl methyl sites for hydroxylation is 2. The van der Waals surface area contributed by atoms with Crippen molar-refractivity contribution in [3.05, 3.63) is 34.6 Å². The van der Waals surface area contributed by atoms with Gasteiger partial charge >= 0.3 is 6.03 Å². The Balaban J connectivity index is 1.98. The molecule has 0 radical (unpaired) electrons. The molecule has 1 aliphatic rings. The zero-order valence-electron chi connectivity index (χ0n) is 15.2. The van der Waals surface area contributed by atoms with Gasteiger partial charge in [0.1, 0.15) is 5.82 Å². The van der Waals surface area contributed by atoms with Gasteiger partial charge in [-0.25, -0.2) is 9.18 Å². The highest BCUT2D eigenvalue weighted by atomic mass is 19.1. The lowest BCUT2D eigenvalue weighted by Crippen LogP contribution is -2.48. The van der Waals surface area contributed by atoms with Crippen LogP contribution in [0.5, 0.6) is 0 Å². The number of nitrogens with zero attached hydrogens (tertiary/aromatic N) is 1. The maximum Gasteiger partial charge on any atom is 0.317 e. The molecule has 1 aromatic carbocycles. The summed E-state index contributed by atoms with van der Waals surface area (Å²) in [6.07, 6.45) is 2.59. The van der Waals surface area contributed by atoms with Gasteiger partial charge in [0.15, 0.2) is 0 Å². The third-order valence-electron chi connectivity index (χ3n) is 5.50. The number of nitrogens with one attached hydrogen (secondary N) is 1. The minimum Gasteiger partial charge on any atom is -0.396 e. The van der Waals surface area contributed by atoms with Crippen molar-refractivity contribution in [2.24, 2.45) is 5.41 Å². The smallest absolute Gasteiger partial charge is 0.317 e. The van der Waals surface area contributed by atoms with Gasteiger partial charge in [-0.2, -0.15) is 0 Å².